The molecule has 9 heteroatoms. The Morgan fingerprint density at radius 3 is 2.52 bits per heavy atom. The summed E-state index contributed by atoms with van der Waals surface area (Å²) in [4.78, 5) is 21.3. The number of nitrogens with one attached hydrogen (secondary N) is 1. The second-order valence-corrected chi connectivity index (χ2v) is 6.47. The molecule has 2 heterocycles. The van der Waals surface area contributed by atoms with Gasteiger partial charge in [-0.1, -0.05) is 0 Å². The SMILES string of the molecule is Cc1cc(F)ccc1NC(=O)C1CCN(c2cc(C(F)(F)F)ncn2)CC1. The molecule has 0 atom stereocenters. The molecule has 1 saturated heterocycles. The fraction of sp³-hybridized carbons (Fsp3) is 0.389. The molecule has 0 spiro atoms. The highest BCUT2D eigenvalue weighted by Gasteiger charge is 2.34. The van der Waals surface area contributed by atoms with Crippen molar-refractivity contribution in [2.24, 2.45) is 5.92 Å². The van der Waals surface area contributed by atoms with Crippen LogP contribution in [-0.2, 0) is 11.0 Å². The zero-order valence-electron chi connectivity index (χ0n) is 14.6. The monoisotopic (exact) mass is 382 g/mol. The van der Waals surface area contributed by atoms with E-state index in [0.717, 1.165) is 12.4 Å². The Kier molecular flexibility index (Phi) is 5.29. The summed E-state index contributed by atoms with van der Waals surface area (Å²) in [7, 11) is 0. The van der Waals surface area contributed by atoms with Gasteiger partial charge in [0.15, 0.2) is 0 Å². The number of amides is 1. The summed E-state index contributed by atoms with van der Waals surface area (Å²) in [5.41, 5.74) is 0.190. The van der Waals surface area contributed by atoms with E-state index < -0.39 is 11.9 Å². The van der Waals surface area contributed by atoms with Crippen molar-refractivity contribution in [1.29, 1.82) is 0 Å². The van der Waals surface area contributed by atoms with E-state index in [1.54, 1.807) is 11.8 Å². The van der Waals surface area contributed by atoms with Gasteiger partial charge in [-0.25, -0.2) is 14.4 Å². The lowest BCUT2D eigenvalue weighted by molar-refractivity contribution is -0.141. The van der Waals surface area contributed by atoms with E-state index in [4.69, 9.17) is 0 Å². The quantitative estimate of drug-likeness (QED) is 0.821. The smallest absolute Gasteiger partial charge is 0.356 e. The molecule has 1 aliphatic rings. The number of hydrogen-bond donors (Lipinski definition) is 1. The largest absolute Gasteiger partial charge is 0.433 e. The third kappa shape index (κ3) is 4.53. The Balaban J connectivity index is 1.61. The van der Waals surface area contributed by atoms with Gasteiger partial charge in [-0.05, 0) is 43.5 Å². The lowest BCUT2D eigenvalue weighted by Crippen LogP contribution is -2.38. The maximum absolute atomic E-state index is 13.1. The summed E-state index contributed by atoms with van der Waals surface area (Å²) < 4.78 is 51.5. The van der Waals surface area contributed by atoms with Crippen LogP contribution in [0.15, 0.2) is 30.6 Å². The van der Waals surface area contributed by atoms with Gasteiger partial charge in [-0.3, -0.25) is 4.79 Å². The molecule has 0 saturated carbocycles. The number of aromatic nitrogens is 2. The lowest BCUT2D eigenvalue weighted by atomic mass is 9.95. The summed E-state index contributed by atoms with van der Waals surface area (Å²) in [6.45, 7) is 2.53. The first-order valence-corrected chi connectivity index (χ1v) is 8.45. The topological polar surface area (TPSA) is 58.1 Å². The van der Waals surface area contributed by atoms with Crippen LogP contribution in [0.2, 0.25) is 0 Å². The normalized spacial score (nSPS) is 15.7. The number of anilines is 2. The highest BCUT2D eigenvalue weighted by atomic mass is 19.4. The fourth-order valence-corrected chi connectivity index (χ4v) is 3.05. The average molecular weight is 382 g/mol. The Morgan fingerprint density at radius 1 is 1.19 bits per heavy atom. The van der Waals surface area contributed by atoms with Crippen LogP contribution in [0.5, 0.6) is 0 Å². The van der Waals surface area contributed by atoms with E-state index in [-0.39, 0.29) is 23.5 Å². The first-order chi connectivity index (χ1) is 12.7. The molecule has 0 radical (unpaired) electrons. The molecule has 27 heavy (non-hydrogen) atoms. The van der Waals surface area contributed by atoms with E-state index in [1.165, 1.54) is 18.2 Å². The number of piperidine rings is 1. The first kappa shape index (κ1) is 19.1. The Bertz CT molecular complexity index is 832. The van der Waals surface area contributed by atoms with E-state index in [1.807, 2.05) is 0 Å². The number of halogens is 4. The first-order valence-electron chi connectivity index (χ1n) is 8.45. The highest BCUT2D eigenvalue weighted by Crippen LogP contribution is 2.30. The Morgan fingerprint density at radius 2 is 1.89 bits per heavy atom. The molecule has 0 aliphatic carbocycles. The van der Waals surface area contributed by atoms with Crippen LogP contribution < -0.4 is 10.2 Å². The minimum absolute atomic E-state index is 0.178. The second-order valence-electron chi connectivity index (χ2n) is 6.47. The molecular formula is C18H18F4N4O. The van der Waals surface area contributed by atoms with Crippen molar-refractivity contribution < 1.29 is 22.4 Å². The third-order valence-electron chi connectivity index (χ3n) is 4.58. The molecule has 1 amide bonds. The van der Waals surface area contributed by atoms with Gasteiger partial charge in [-0.15, -0.1) is 0 Å². The van der Waals surface area contributed by atoms with Gasteiger partial charge in [0.25, 0.3) is 0 Å². The molecule has 0 unspecified atom stereocenters. The molecule has 0 bridgehead atoms. The minimum Gasteiger partial charge on any atom is -0.356 e. The summed E-state index contributed by atoms with van der Waals surface area (Å²) in [6.07, 6.45) is -2.66. The number of rotatable bonds is 3. The van der Waals surface area contributed by atoms with Crippen LogP contribution in [-0.4, -0.2) is 29.0 Å². The second kappa shape index (κ2) is 7.50. The zero-order valence-corrected chi connectivity index (χ0v) is 14.6. The fourth-order valence-electron chi connectivity index (χ4n) is 3.05. The molecule has 1 aromatic heterocycles. The van der Waals surface area contributed by atoms with Crippen molar-refractivity contribution in [1.82, 2.24) is 9.97 Å². The predicted octanol–water partition coefficient (Wildman–Crippen LogP) is 3.80. The number of nitrogens with zero attached hydrogens (tertiary/aromatic N) is 3. The molecule has 5 nitrogen and oxygen atoms in total. The molecule has 1 fully saturated rings. The van der Waals surface area contributed by atoms with Gasteiger partial charge in [-0.2, -0.15) is 13.2 Å². The van der Waals surface area contributed by atoms with Gasteiger partial charge >= 0.3 is 6.18 Å². The van der Waals surface area contributed by atoms with Crippen LogP contribution in [0, 0.1) is 18.7 Å². The third-order valence-corrected chi connectivity index (χ3v) is 4.58. The summed E-state index contributed by atoms with van der Waals surface area (Å²) in [5, 5.41) is 2.79. The molecule has 1 N–H and O–H groups in total. The van der Waals surface area contributed by atoms with E-state index in [2.05, 4.69) is 15.3 Å². The number of aryl methyl sites for hydroxylation is 1. The van der Waals surface area contributed by atoms with Crippen molar-refractivity contribution in [3.05, 3.63) is 47.7 Å². The lowest BCUT2D eigenvalue weighted by Gasteiger charge is -2.32. The standard InChI is InChI=1S/C18H18F4N4O/c1-11-8-13(19)2-3-14(11)25-17(27)12-4-6-26(7-5-12)16-9-15(18(20,21)22)23-10-24-16/h2-3,8-10,12H,4-7H2,1H3,(H,25,27). The van der Waals surface area contributed by atoms with Gasteiger partial charge < -0.3 is 10.2 Å². The summed E-state index contributed by atoms with van der Waals surface area (Å²) >= 11 is 0. The number of carbonyl (C=O) groups is 1. The van der Waals surface area contributed by atoms with Crippen molar-refractivity contribution in [2.75, 3.05) is 23.3 Å². The summed E-state index contributed by atoms with van der Waals surface area (Å²) in [5.74, 6) is -0.620. The minimum atomic E-state index is -4.52. The highest BCUT2D eigenvalue weighted by molar-refractivity contribution is 5.93. The number of hydrogen-bond acceptors (Lipinski definition) is 4. The zero-order chi connectivity index (χ0) is 19.6. The number of benzene rings is 1. The molecule has 3 rings (SSSR count). The Labute approximate surface area is 153 Å². The Hall–Kier alpha value is -2.71. The molecule has 1 aliphatic heterocycles. The van der Waals surface area contributed by atoms with Crippen LogP contribution in [0.3, 0.4) is 0 Å². The van der Waals surface area contributed by atoms with Gasteiger partial charge in [0.05, 0.1) is 0 Å². The predicted molar refractivity (Wildman–Crippen MR) is 91.7 cm³/mol. The van der Waals surface area contributed by atoms with Crippen LogP contribution in [0.1, 0.15) is 24.1 Å². The number of alkyl halides is 3. The van der Waals surface area contributed by atoms with Crippen LogP contribution >= 0.6 is 0 Å². The summed E-state index contributed by atoms with van der Waals surface area (Å²) in [6, 6.07) is 5.05. The van der Waals surface area contributed by atoms with Crippen LogP contribution in [0.4, 0.5) is 29.1 Å². The molecule has 2 aromatic rings. The number of carbonyl (C=O) groups excluding carboxylic acids is 1. The maximum atomic E-state index is 13.1. The van der Waals surface area contributed by atoms with E-state index >= 15 is 0 Å². The molecule has 144 valence electrons. The van der Waals surface area contributed by atoms with Crippen LogP contribution in [0.25, 0.3) is 0 Å². The van der Waals surface area contributed by atoms with Crippen molar-refractivity contribution in [3.8, 4) is 0 Å². The van der Waals surface area contributed by atoms with Gasteiger partial charge in [0, 0.05) is 30.8 Å². The van der Waals surface area contributed by atoms with E-state index in [9.17, 15) is 22.4 Å². The van der Waals surface area contributed by atoms with Crippen molar-refractivity contribution in [3.63, 3.8) is 0 Å². The van der Waals surface area contributed by atoms with E-state index in [0.29, 0.717) is 37.2 Å². The molecule has 1 aromatic carbocycles. The maximum Gasteiger partial charge on any atom is 0.433 e. The molecular weight excluding hydrogens is 364 g/mol. The van der Waals surface area contributed by atoms with Crippen molar-refractivity contribution in [2.45, 2.75) is 25.9 Å². The van der Waals surface area contributed by atoms with Crippen molar-refractivity contribution >= 4 is 17.4 Å². The van der Waals surface area contributed by atoms with Gasteiger partial charge in [0.1, 0.15) is 23.7 Å². The van der Waals surface area contributed by atoms with Gasteiger partial charge in [0.2, 0.25) is 5.91 Å². The average Bonchev–Trinajstić information content (AvgIpc) is 2.63.